The van der Waals surface area contributed by atoms with Crippen LogP contribution in [0.1, 0.15) is 47.7 Å². The lowest BCUT2D eigenvalue weighted by Gasteiger charge is -2.31. The van der Waals surface area contributed by atoms with Gasteiger partial charge in [-0.15, -0.1) is 0 Å². The van der Waals surface area contributed by atoms with Gasteiger partial charge < -0.3 is 5.32 Å². The highest BCUT2D eigenvalue weighted by Crippen LogP contribution is 2.31. The van der Waals surface area contributed by atoms with E-state index < -0.39 is 0 Å². The van der Waals surface area contributed by atoms with Crippen LogP contribution in [0.5, 0.6) is 0 Å². The smallest absolute Gasteiger partial charge is 0.220 e. The summed E-state index contributed by atoms with van der Waals surface area (Å²) >= 11 is 0. The van der Waals surface area contributed by atoms with Crippen LogP contribution < -0.4 is 5.32 Å². The third-order valence-corrected chi connectivity index (χ3v) is 5.27. The number of halogens is 1. The maximum Gasteiger partial charge on any atom is 0.220 e. The highest BCUT2D eigenvalue weighted by Gasteiger charge is 2.30. The minimum absolute atomic E-state index is 0.0359. The fourth-order valence-electron chi connectivity index (χ4n) is 3.94. The van der Waals surface area contributed by atoms with Gasteiger partial charge in [0.05, 0.1) is 5.69 Å². The summed E-state index contributed by atoms with van der Waals surface area (Å²) in [5.74, 6) is -0.287. The number of amides is 1. The largest absolute Gasteiger partial charge is 0.352 e. The van der Waals surface area contributed by atoms with Crippen LogP contribution in [-0.2, 0) is 11.2 Å². The molecule has 0 spiro atoms. The SMILES string of the molecule is O=C1CCC[C@H]([C@@H](c2ccc(F)cc2)c2cccc(Cc3ccccc3)n2)N1. The number of piperidine rings is 1. The summed E-state index contributed by atoms with van der Waals surface area (Å²) in [4.78, 5) is 16.9. The quantitative estimate of drug-likeness (QED) is 0.708. The lowest BCUT2D eigenvalue weighted by Crippen LogP contribution is -2.43. The highest BCUT2D eigenvalue weighted by molar-refractivity contribution is 5.77. The van der Waals surface area contributed by atoms with Gasteiger partial charge in [-0.1, -0.05) is 48.5 Å². The number of rotatable bonds is 5. The minimum Gasteiger partial charge on any atom is -0.352 e. The summed E-state index contributed by atoms with van der Waals surface area (Å²) in [5, 5.41) is 3.12. The summed E-state index contributed by atoms with van der Waals surface area (Å²) in [6, 6.07) is 22.8. The Hall–Kier alpha value is -3.01. The molecule has 142 valence electrons. The van der Waals surface area contributed by atoms with Gasteiger partial charge in [-0.2, -0.15) is 0 Å². The average molecular weight is 374 g/mol. The molecule has 0 radical (unpaired) electrons. The first kappa shape index (κ1) is 18.4. The number of nitrogens with zero attached hydrogens (tertiary/aromatic N) is 1. The molecule has 2 heterocycles. The van der Waals surface area contributed by atoms with Gasteiger partial charge >= 0.3 is 0 Å². The van der Waals surface area contributed by atoms with Crippen LogP contribution in [0.4, 0.5) is 4.39 Å². The molecule has 3 aromatic rings. The van der Waals surface area contributed by atoms with E-state index in [9.17, 15) is 9.18 Å². The zero-order valence-corrected chi connectivity index (χ0v) is 15.6. The molecule has 2 aromatic carbocycles. The second-order valence-electron chi connectivity index (χ2n) is 7.31. The van der Waals surface area contributed by atoms with Crippen molar-refractivity contribution >= 4 is 5.91 Å². The Morgan fingerprint density at radius 2 is 1.79 bits per heavy atom. The third kappa shape index (κ3) is 4.28. The van der Waals surface area contributed by atoms with Gasteiger partial charge in [-0.05, 0) is 48.2 Å². The Morgan fingerprint density at radius 1 is 1.00 bits per heavy atom. The van der Waals surface area contributed by atoms with Crippen LogP contribution in [0.15, 0.2) is 72.8 Å². The van der Waals surface area contributed by atoms with E-state index in [4.69, 9.17) is 4.98 Å². The Morgan fingerprint density at radius 3 is 2.54 bits per heavy atom. The Kier molecular flexibility index (Phi) is 5.47. The van der Waals surface area contributed by atoms with E-state index in [0.29, 0.717) is 6.42 Å². The molecule has 1 aliphatic heterocycles. The number of pyridine rings is 1. The summed E-state index contributed by atoms with van der Waals surface area (Å²) in [6.45, 7) is 0. The van der Waals surface area contributed by atoms with Crippen molar-refractivity contribution in [2.24, 2.45) is 0 Å². The van der Waals surface area contributed by atoms with Crippen LogP contribution in [0, 0.1) is 5.82 Å². The predicted octanol–water partition coefficient (Wildman–Crippen LogP) is 4.61. The van der Waals surface area contributed by atoms with Crippen molar-refractivity contribution in [3.63, 3.8) is 0 Å². The predicted molar refractivity (Wildman–Crippen MR) is 108 cm³/mol. The molecule has 2 atom stereocenters. The van der Waals surface area contributed by atoms with Crippen LogP contribution >= 0.6 is 0 Å². The Labute approximate surface area is 164 Å². The Balaban J connectivity index is 1.68. The normalized spacial score (nSPS) is 17.8. The standard InChI is InChI=1S/C24H23FN2O/c25-19-14-12-18(13-15-19)24(22-10-5-11-23(28)27-22)21-9-4-8-20(26-21)16-17-6-2-1-3-7-17/h1-4,6-9,12-15,22,24H,5,10-11,16H2,(H,27,28)/t22-,24+/m1/s1. The summed E-state index contributed by atoms with van der Waals surface area (Å²) < 4.78 is 13.5. The number of hydrogen-bond donors (Lipinski definition) is 1. The molecule has 28 heavy (non-hydrogen) atoms. The van der Waals surface area contributed by atoms with E-state index in [1.54, 1.807) is 12.1 Å². The number of hydrogen-bond acceptors (Lipinski definition) is 2. The number of carbonyl (C=O) groups excluding carboxylic acids is 1. The fourth-order valence-corrected chi connectivity index (χ4v) is 3.94. The average Bonchev–Trinajstić information content (AvgIpc) is 2.71. The van der Waals surface area contributed by atoms with E-state index in [1.165, 1.54) is 17.7 Å². The molecule has 4 rings (SSSR count). The van der Waals surface area contributed by atoms with Gasteiger partial charge in [-0.25, -0.2) is 4.39 Å². The molecule has 1 amide bonds. The van der Waals surface area contributed by atoms with Crippen molar-refractivity contribution in [1.82, 2.24) is 10.3 Å². The highest BCUT2D eigenvalue weighted by atomic mass is 19.1. The molecule has 0 unspecified atom stereocenters. The minimum atomic E-state index is -0.263. The molecule has 4 heteroatoms. The van der Waals surface area contributed by atoms with E-state index >= 15 is 0 Å². The molecule has 1 aromatic heterocycles. The molecular formula is C24H23FN2O. The van der Waals surface area contributed by atoms with Crippen molar-refractivity contribution in [2.75, 3.05) is 0 Å². The lowest BCUT2D eigenvalue weighted by atomic mass is 9.83. The number of aromatic nitrogens is 1. The van der Waals surface area contributed by atoms with Crippen LogP contribution in [-0.4, -0.2) is 16.9 Å². The van der Waals surface area contributed by atoms with Gasteiger partial charge in [0.1, 0.15) is 5.82 Å². The van der Waals surface area contributed by atoms with Crippen molar-refractivity contribution in [3.8, 4) is 0 Å². The van der Waals surface area contributed by atoms with Gasteiger partial charge in [0, 0.05) is 30.5 Å². The first-order chi connectivity index (χ1) is 13.7. The molecule has 1 saturated heterocycles. The summed E-state index contributed by atoms with van der Waals surface area (Å²) in [7, 11) is 0. The molecule has 3 nitrogen and oxygen atoms in total. The van der Waals surface area contributed by atoms with Crippen LogP contribution in [0.25, 0.3) is 0 Å². The zero-order valence-electron chi connectivity index (χ0n) is 15.6. The molecular weight excluding hydrogens is 351 g/mol. The van der Waals surface area contributed by atoms with Crippen molar-refractivity contribution < 1.29 is 9.18 Å². The van der Waals surface area contributed by atoms with E-state index in [0.717, 1.165) is 36.2 Å². The maximum atomic E-state index is 13.5. The number of carbonyl (C=O) groups is 1. The second-order valence-corrected chi connectivity index (χ2v) is 7.31. The van der Waals surface area contributed by atoms with Crippen molar-refractivity contribution in [2.45, 2.75) is 37.6 Å². The van der Waals surface area contributed by atoms with Gasteiger partial charge in [0.2, 0.25) is 5.91 Å². The number of benzene rings is 2. The summed E-state index contributed by atoms with van der Waals surface area (Å²) in [5.41, 5.74) is 4.07. The van der Waals surface area contributed by atoms with Gasteiger partial charge in [0.25, 0.3) is 0 Å². The van der Waals surface area contributed by atoms with E-state index in [-0.39, 0.29) is 23.7 Å². The molecule has 0 saturated carbocycles. The van der Waals surface area contributed by atoms with E-state index in [1.807, 2.05) is 36.4 Å². The fraction of sp³-hybridized carbons (Fsp3) is 0.250. The lowest BCUT2D eigenvalue weighted by molar-refractivity contribution is -0.123. The topological polar surface area (TPSA) is 42.0 Å². The molecule has 0 aliphatic carbocycles. The second kappa shape index (κ2) is 8.34. The Bertz CT molecular complexity index is 940. The maximum absolute atomic E-state index is 13.5. The first-order valence-corrected chi connectivity index (χ1v) is 9.73. The zero-order chi connectivity index (χ0) is 19.3. The van der Waals surface area contributed by atoms with Crippen molar-refractivity contribution in [3.05, 3.63) is 101 Å². The monoisotopic (exact) mass is 374 g/mol. The van der Waals surface area contributed by atoms with Crippen LogP contribution in [0.3, 0.4) is 0 Å². The molecule has 1 aliphatic rings. The summed E-state index contributed by atoms with van der Waals surface area (Å²) in [6.07, 6.45) is 3.06. The first-order valence-electron chi connectivity index (χ1n) is 9.73. The van der Waals surface area contributed by atoms with Gasteiger partial charge in [0.15, 0.2) is 0 Å². The van der Waals surface area contributed by atoms with Crippen LogP contribution in [0.2, 0.25) is 0 Å². The molecule has 1 fully saturated rings. The number of nitrogens with one attached hydrogen (secondary N) is 1. The van der Waals surface area contributed by atoms with Gasteiger partial charge in [-0.3, -0.25) is 9.78 Å². The third-order valence-electron chi connectivity index (χ3n) is 5.27. The molecule has 0 bridgehead atoms. The van der Waals surface area contributed by atoms with E-state index in [2.05, 4.69) is 17.4 Å². The molecule has 1 N–H and O–H groups in total. The van der Waals surface area contributed by atoms with Crippen molar-refractivity contribution in [1.29, 1.82) is 0 Å².